The van der Waals surface area contributed by atoms with Crippen LogP contribution in [0.1, 0.15) is 43.7 Å². The topological polar surface area (TPSA) is 88.4 Å². The number of carbonyl (C=O) groups excluding carboxylic acids is 1. The molecule has 8 nitrogen and oxygen atoms in total. The summed E-state index contributed by atoms with van der Waals surface area (Å²) in [4.78, 5) is 18.8. The lowest BCUT2D eigenvalue weighted by Crippen LogP contribution is -2.39. The molecule has 0 atom stereocenters. The molecule has 2 aliphatic rings. The Bertz CT molecular complexity index is 914. The SMILES string of the molecule is O=C(CCc1ccc(S(=O)(=O)N2CCCC2)cc1)N1CCC(n2cncn2)CC1. The number of aromatic nitrogens is 3. The van der Waals surface area contributed by atoms with E-state index in [1.807, 2.05) is 21.7 Å². The Hall–Kier alpha value is -2.26. The van der Waals surface area contributed by atoms with Gasteiger partial charge in [-0.2, -0.15) is 9.40 Å². The lowest BCUT2D eigenvalue weighted by atomic mass is 10.0. The number of nitrogens with zero attached hydrogens (tertiary/aromatic N) is 5. The molecule has 0 unspecified atom stereocenters. The van der Waals surface area contributed by atoms with Crippen LogP contribution in [0.5, 0.6) is 0 Å². The van der Waals surface area contributed by atoms with Gasteiger partial charge in [-0.15, -0.1) is 0 Å². The van der Waals surface area contributed by atoms with E-state index in [1.54, 1.807) is 29.1 Å². The minimum absolute atomic E-state index is 0.149. The summed E-state index contributed by atoms with van der Waals surface area (Å²) in [7, 11) is -3.38. The highest BCUT2D eigenvalue weighted by molar-refractivity contribution is 7.89. The highest BCUT2D eigenvalue weighted by Gasteiger charge is 2.27. The fourth-order valence-electron chi connectivity index (χ4n) is 4.10. The molecule has 0 spiro atoms. The van der Waals surface area contributed by atoms with Crippen LogP contribution in [-0.2, 0) is 21.2 Å². The van der Waals surface area contributed by atoms with E-state index in [9.17, 15) is 13.2 Å². The number of rotatable bonds is 6. The number of piperidine rings is 1. The molecule has 0 radical (unpaired) electrons. The van der Waals surface area contributed by atoms with Gasteiger partial charge in [0.1, 0.15) is 12.7 Å². The Labute approximate surface area is 171 Å². The minimum atomic E-state index is -3.38. The van der Waals surface area contributed by atoms with E-state index in [0.29, 0.717) is 36.9 Å². The third-order valence-electron chi connectivity index (χ3n) is 5.88. The molecular weight excluding hydrogens is 390 g/mol. The Morgan fingerprint density at radius 3 is 2.34 bits per heavy atom. The monoisotopic (exact) mass is 417 g/mol. The van der Waals surface area contributed by atoms with Gasteiger partial charge < -0.3 is 4.90 Å². The Kier molecular flexibility index (Phi) is 5.96. The van der Waals surface area contributed by atoms with Crippen LogP contribution in [0.25, 0.3) is 0 Å². The Morgan fingerprint density at radius 1 is 1.03 bits per heavy atom. The summed E-state index contributed by atoms with van der Waals surface area (Å²) in [6, 6.07) is 7.29. The van der Waals surface area contributed by atoms with Gasteiger partial charge in [-0.25, -0.2) is 18.1 Å². The maximum atomic E-state index is 12.6. The number of aryl methyl sites for hydroxylation is 1. The smallest absolute Gasteiger partial charge is 0.243 e. The normalized spacial score (nSPS) is 19.0. The Morgan fingerprint density at radius 2 is 1.72 bits per heavy atom. The van der Waals surface area contributed by atoms with Crippen molar-refractivity contribution in [1.82, 2.24) is 24.0 Å². The summed E-state index contributed by atoms with van der Waals surface area (Å²) in [6.45, 7) is 2.67. The van der Waals surface area contributed by atoms with Gasteiger partial charge in [-0.1, -0.05) is 12.1 Å². The first-order valence-corrected chi connectivity index (χ1v) is 11.7. The van der Waals surface area contributed by atoms with Gasteiger partial charge in [-0.3, -0.25) is 4.79 Å². The van der Waals surface area contributed by atoms with Crippen LogP contribution < -0.4 is 0 Å². The molecule has 156 valence electrons. The van der Waals surface area contributed by atoms with Crippen molar-refractivity contribution in [3.05, 3.63) is 42.5 Å². The quantitative estimate of drug-likeness (QED) is 0.716. The average Bonchev–Trinajstić information content (AvgIpc) is 3.47. The standard InChI is InChI=1S/C20H27N5O3S/c26-20(23-13-9-18(10-14-23)25-16-21-15-22-25)8-5-17-3-6-19(7-4-17)29(27,28)24-11-1-2-12-24/h3-4,6-7,15-16,18H,1-2,5,8-14H2. The maximum absolute atomic E-state index is 12.6. The van der Waals surface area contributed by atoms with Gasteiger partial charge in [0.2, 0.25) is 15.9 Å². The van der Waals surface area contributed by atoms with E-state index in [1.165, 1.54) is 0 Å². The lowest BCUT2D eigenvalue weighted by molar-refractivity contribution is -0.132. The zero-order valence-corrected chi connectivity index (χ0v) is 17.3. The molecule has 4 rings (SSSR count). The summed E-state index contributed by atoms with van der Waals surface area (Å²) >= 11 is 0. The van der Waals surface area contributed by atoms with E-state index in [2.05, 4.69) is 10.1 Å². The zero-order chi connectivity index (χ0) is 20.3. The third kappa shape index (κ3) is 4.51. The lowest BCUT2D eigenvalue weighted by Gasteiger charge is -2.32. The number of amides is 1. The van der Waals surface area contributed by atoms with E-state index in [-0.39, 0.29) is 5.91 Å². The van der Waals surface area contributed by atoms with Crippen LogP contribution in [0.2, 0.25) is 0 Å². The molecule has 1 aromatic carbocycles. The summed E-state index contributed by atoms with van der Waals surface area (Å²) in [6.07, 6.45) is 7.95. The van der Waals surface area contributed by atoms with Crippen LogP contribution in [0.3, 0.4) is 0 Å². The fraction of sp³-hybridized carbons (Fsp3) is 0.550. The summed E-state index contributed by atoms with van der Waals surface area (Å²) < 4.78 is 28.6. The zero-order valence-electron chi connectivity index (χ0n) is 16.5. The molecule has 9 heteroatoms. The minimum Gasteiger partial charge on any atom is -0.343 e. The summed E-state index contributed by atoms with van der Waals surface area (Å²) in [5.74, 6) is 0.149. The molecule has 0 bridgehead atoms. The van der Waals surface area contributed by atoms with Crippen LogP contribution in [0, 0.1) is 0 Å². The highest BCUT2D eigenvalue weighted by Crippen LogP contribution is 2.23. The van der Waals surface area contributed by atoms with E-state index < -0.39 is 10.0 Å². The van der Waals surface area contributed by atoms with Crippen LogP contribution in [-0.4, -0.2) is 64.5 Å². The van der Waals surface area contributed by atoms with Gasteiger partial charge in [-0.05, 0) is 49.8 Å². The first-order chi connectivity index (χ1) is 14.0. The van der Waals surface area contributed by atoms with Gasteiger partial charge >= 0.3 is 0 Å². The fourth-order valence-corrected chi connectivity index (χ4v) is 5.62. The van der Waals surface area contributed by atoms with Crippen LogP contribution in [0.4, 0.5) is 0 Å². The number of carbonyl (C=O) groups is 1. The molecule has 3 heterocycles. The van der Waals surface area contributed by atoms with Gasteiger partial charge in [0, 0.05) is 32.6 Å². The molecule has 2 fully saturated rings. The third-order valence-corrected chi connectivity index (χ3v) is 7.79. The van der Waals surface area contributed by atoms with Crippen molar-refractivity contribution in [1.29, 1.82) is 0 Å². The van der Waals surface area contributed by atoms with Crippen molar-refractivity contribution in [2.75, 3.05) is 26.2 Å². The second kappa shape index (κ2) is 8.62. The van der Waals surface area contributed by atoms with Crippen molar-refractivity contribution in [3.8, 4) is 0 Å². The van der Waals surface area contributed by atoms with Crippen molar-refractivity contribution in [3.63, 3.8) is 0 Å². The second-order valence-electron chi connectivity index (χ2n) is 7.74. The largest absolute Gasteiger partial charge is 0.343 e. The number of hydrogen-bond acceptors (Lipinski definition) is 5. The number of benzene rings is 1. The molecule has 29 heavy (non-hydrogen) atoms. The second-order valence-corrected chi connectivity index (χ2v) is 9.68. The molecule has 2 aliphatic heterocycles. The van der Waals surface area contributed by atoms with E-state index >= 15 is 0 Å². The van der Waals surface area contributed by atoms with Crippen molar-refractivity contribution >= 4 is 15.9 Å². The molecule has 0 aliphatic carbocycles. The Balaban J connectivity index is 1.27. The summed E-state index contributed by atoms with van der Waals surface area (Å²) in [5, 5.41) is 4.19. The van der Waals surface area contributed by atoms with Crippen molar-refractivity contribution in [2.45, 2.75) is 49.5 Å². The van der Waals surface area contributed by atoms with E-state index in [0.717, 1.165) is 44.3 Å². The highest BCUT2D eigenvalue weighted by atomic mass is 32.2. The predicted molar refractivity (Wildman–Crippen MR) is 108 cm³/mol. The van der Waals surface area contributed by atoms with Crippen LogP contribution >= 0.6 is 0 Å². The number of sulfonamides is 1. The molecule has 1 amide bonds. The molecule has 1 aromatic heterocycles. The number of hydrogen-bond donors (Lipinski definition) is 0. The van der Waals surface area contributed by atoms with Gasteiger partial charge in [0.05, 0.1) is 10.9 Å². The predicted octanol–water partition coefficient (Wildman–Crippen LogP) is 1.86. The van der Waals surface area contributed by atoms with Gasteiger partial charge in [0.25, 0.3) is 0 Å². The summed E-state index contributed by atoms with van der Waals surface area (Å²) in [5.41, 5.74) is 0.983. The first kappa shape index (κ1) is 20.0. The molecule has 2 aromatic rings. The molecule has 2 saturated heterocycles. The number of likely N-dealkylation sites (tertiary alicyclic amines) is 1. The molecular formula is C20H27N5O3S. The maximum Gasteiger partial charge on any atom is 0.243 e. The molecule has 0 N–H and O–H groups in total. The van der Waals surface area contributed by atoms with Crippen LogP contribution in [0.15, 0.2) is 41.8 Å². The van der Waals surface area contributed by atoms with E-state index in [4.69, 9.17) is 0 Å². The first-order valence-electron chi connectivity index (χ1n) is 10.2. The average molecular weight is 418 g/mol. The van der Waals surface area contributed by atoms with Crippen molar-refractivity contribution < 1.29 is 13.2 Å². The van der Waals surface area contributed by atoms with Crippen molar-refractivity contribution in [2.24, 2.45) is 0 Å². The molecule has 0 saturated carbocycles. The van der Waals surface area contributed by atoms with Gasteiger partial charge in [0.15, 0.2) is 0 Å².